The van der Waals surface area contributed by atoms with Crippen LogP contribution in [0.2, 0.25) is 0 Å². The van der Waals surface area contributed by atoms with Crippen molar-refractivity contribution in [1.82, 2.24) is 24.2 Å². The Bertz CT molecular complexity index is 1600. The van der Waals surface area contributed by atoms with Gasteiger partial charge in [0.1, 0.15) is 16.8 Å². The maximum absolute atomic E-state index is 14.7. The first-order valence-corrected chi connectivity index (χ1v) is 12.0. The average Bonchev–Trinajstić information content (AvgIpc) is 3.10. The van der Waals surface area contributed by atoms with Gasteiger partial charge in [-0.05, 0) is 58.0 Å². The summed E-state index contributed by atoms with van der Waals surface area (Å²) < 4.78 is 44.1. The largest absolute Gasteiger partial charge is 0.294 e. The highest BCUT2D eigenvalue weighted by molar-refractivity contribution is 7.89. The Morgan fingerprint density at radius 2 is 1.83 bits per heavy atom. The fourth-order valence-corrected chi connectivity index (χ4v) is 5.05. The van der Waals surface area contributed by atoms with Crippen LogP contribution in [0.3, 0.4) is 0 Å². The first kappa shape index (κ1) is 24.1. The molecule has 0 saturated heterocycles. The number of pyridine rings is 1. The maximum Gasteiger partial charge on any atom is 0.242 e. The van der Waals surface area contributed by atoms with E-state index in [9.17, 15) is 22.9 Å². The molecule has 3 aromatic heterocycles. The van der Waals surface area contributed by atoms with Crippen molar-refractivity contribution in [3.05, 3.63) is 65.9 Å². The van der Waals surface area contributed by atoms with Gasteiger partial charge < -0.3 is 0 Å². The van der Waals surface area contributed by atoms with Gasteiger partial charge in [-0.2, -0.15) is 5.26 Å². The summed E-state index contributed by atoms with van der Waals surface area (Å²) in [6.07, 6.45) is 4.18. The summed E-state index contributed by atoms with van der Waals surface area (Å²) in [6, 6.07) is 8.98. The number of nitrogens with one attached hydrogen (secondary N) is 1. The van der Waals surface area contributed by atoms with E-state index >= 15 is 0 Å². The van der Waals surface area contributed by atoms with E-state index in [0.717, 1.165) is 6.07 Å². The van der Waals surface area contributed by atoms with Gasteiger partial charge in [-0.3, -0.25) is 14.3 Å². The minimum atomic E-state index is -3.84. The minimum Gasteiger partial charge on any atom is -0.294 e. The van der Waals surface area contributed by atoms with Gasteiger partial charge in [0.25, 0.3) is 0 Å². The maximum atomic E-state index is 14.7. The van der Waals surface area contributed by atoms with E-state index in [0.29, 0.717) is 5.52 Å². The van der Waals surface area contributed by atoms with E-state index in [1.165, 1.54) is 48.3 Å². The molecule has 0 unspecified atom stereocenters. The Balaban J connectivity index is 2.00. The number of sulfonamides is 1. The lowest BCUT2D eigenvalue weighted by Gasteiger charge is -2.20. The van der Waals surface area contributed by atoms with Crippen LogP contribution in [-0.2, 0) is 10.0 Å². The summed E-state index contributed by atoms with van der Waals surface area (Å²) >= 11 is 0. The number of carbonyl (C=O) groups is 1. The molecule has 1 N–H and O–H groups in total. The number of ketones is 1. The van der Waals surface area contributed by atoms with Crippen LogP contribution in [0, 0.1) is 17.1 Å². The molecule has 35 heavy (non-hydrogen) atoms. The zero-order chi connectivity index (χ0) is 25.5. The fourth-order valence-electron chi connectivity index (χ4n) is 3.69. The molecule has 0 saturated carbocycles. The van der Waals surface area contributed by atoms with Gasteiger partial charge in [0.2, 0.25) is 16.0 Å². The Morgan fingerprint density at radius 1 is 1.14 bits per heavy atom. The number of nitriles is 1. The molecule has 11 heteroatoms. The Hall–Kier alpha value is -4.01. The standard InChI is InChI=1S/C24H21FN6O3S/c1-14(32)16-11-21-17(10-19(16)25)18(12-26)22(31(21)23-27-8-5-9-28-23)20-7-6-15(13-29-20)35(33,34)30-24(2,3)4/h5-11,13,30H,1-4H3. The zero-order valence-corrected chi connectivity index (χ0v) is 20.2. The number of carbonyl (C=O) groups excluding carboxylic acids is 1. The first-order valence-electron chi connectivity index (χ1n) is 10.5. The number of benzene rings is 1. The number of fused-ring (bicyclic) bond motifs is 1. The second-order valence-corrected chi connectivity index (χ2v) is 10.5. The van der Waals surface area contributed by atoms with Gasteiger partial charge in [-0.15, -0.1) is 0 Å². The number of hydrogen-bond acceptors (Lipinski definition) is 7. The first-order chi connectivity index (χ1) is 16.4. The quantitative estimate of drug-likeness (QED) is 0.420. The van der Waals surface area contributed by atoms with Crippen molar-refractivity contribution in [2.24, 2.45) is 0 Å². The molecule has 9 nitrogen and oxygen atoms in total. The molecule has 0 fully saturated rings. The molecule has 3 heterocycles. The Labute approximate surface area is 201 Å². The van der Waals surface area contributed by atoms with Gasteiger partial charge >= 0.3 is 0 Å². The lowest BCUT2D eigenvalue weighted by Crippen LogP contribution is -2.40. The zero-order valence-electron chi connectivity index (χ0n) is 19.4. The third-order valence-electron chi connectivity index (χ3n) is 5.03. The molecular weight excluding hydrogens is 471 g/mol. The van der Waals surface area contributed by atoms with Crippen LogP contribution in [0.5, 0.6) is 0 Å². The Morgan fingerprint density at radius 3 is 2.37 bits per heavy atom. The highest BCUT2D eigenvalue weighted by Gasteiger charge is 2.26. The highest BCUT2D eigenvalue weighted by Crippen LogP contribution is 2.36. The van der Waals surface area contributed by atoms with Crippen molar-refractivity contribution in [1.29, 1.82) is 5.26 Å². The van der Waals surface area contributed by atoms with Gasteiger partial charge in [-0.25, -0.2) is 27.5 Å². The third-order valence-corrected chi connectivity index (χ3v) is 6.77. The van der Waals surface area contributed by atoms with Crippen LogP contribution >= 0.6 is 0 Å². The van der Waals surface area contributed by atoms with Crippen molar-refractivity contribution in [2.75, 3.05) is 0 Å². The van der Waals surface area contributed by atoms with Gasteiger partial charge in [-0.1, -0.05) is 0 Å². The van der Waals surface area contributed by atoms with E-state index in [-0.39, 0.29) is 38.7 Å². The van der Waals surface area contributed by atoms with Crippen LogP contribution in [0.15, 0.2) is 53.8 Å². The number of nitrogens with zero attached hydrogens (tertiary/aromatic N) is 5. The number of aromatic nitrogens is 4. The van der Waals surface area contributed by atoms with Crippen LogP contribution in [0.1, 0.15) is 43.6 Å². The summed E-state index contributed by atoms with van der Waals surface area (Å²) in [7, 11) is -3.84. The lowest BCUT2D eigenvalue weighted by atomic mass is 10.1. The molecule has 0 aliphatic heterocycles. The number of Topliss-reactive ketones (excluding diaryl/α,β-unsaturated/α-hetero) is 1. The molecule has 0 aliphatic rings. The summed E-state index contributed by atoms with van der Waals surface area (Å²) in [5.74, 6) is -1.07. The molecule has 4 rings (SSSR count). The molecule has 0 radical (unpaired) electrons. The third kappa shape index (κ3) is 4.53. The predicted molar refractivity (Wildman–Crippen MR) is 127 cm³/mol. The molecule has 0 atom stereocenters. The fraction of sp³-hybridized carbons (Fsp3) is 0.208. The minimum absolute atomic E-state index is 0.0572. The Kier molecular flexibility index (Phi) is 5.96. The lowest BCUT2D eigenvalue weighted by molar-refractivity contribution is 0.101. The molecule has 0 amide bonds. The monoisotopic (exact) mass is 492 g/mol. The summed E-state index contributed by atoms with van der Waals surface area (Å²) in [5.41, 5.74) is 0.0536. The summed E-state index contributed by atoms with van der Waals surface area (Å²) in [4.78, 5) is 24.8. The van der Waals surface area contributed by atoms with E-state index in [4.69, 9.17) is 0 Å². The van der Waals surface area contributed by atoms with Crippen molar-refractivity contribution >= 4 is 26.7 Å². The van der Waals surface area contributed by atoms with E-state index < -0.39 is 27.2 Å². The normalized spacial score (nSPS) is 12.0. The summed E-state index contributed by atoms with van der Waals surface area (Å²) in [6.45, 7) is 6.41. The van der Waals surface area contributed by atoms with E-state index in [2.05, 4.69) is 25.7 Å². The number of hydrogen-bond donors (Lipinski definition) is 1. The van der Waals surface area contributed by atoms with E-state index in [1.807, 2.05) is 0 Å². The number of rotatable bonds is 5. The molecule has 0 bridgehead atoms. The summed E-state index contributed by atoms with van der Waals surface area (Å²) in [5, 5.41) is 10.2. The molecule has 0 aliphatic carbocycles. The van der Waals surface area contributed by atoms with Crippen LogP contribution in [-0.4, -0.2) is 39.3 Å². The number of halogens is 1. The van der Waals surface area contributed by atoms with Crippen LogP contribution in [0.25, 0.3) is 28.2 Å². The molecular formula is C24H21FN6O3S. The van der Waals surface area contributed by atoms with Crippen LogP contribution in [0.4, 0.5) is 4.39 Å². The smallest absolute Gasteiger partial charge is 0.242 e. The van der Waals surface area contributed by atoms with Crippen molar-refractivity contribution < 1.29 is 17.6 Å². The molecule has 0 spiro atoms. The van der Waals surface area contributed by atoms with Gasteiger partial charge in [0, 0.05) is 29.5 Å². The molecule has 4 aromatic rings. The van der Waals surface area contributed by atoms with E-state index in [1.54, 1.807) is 26.8 Å². The van der Waals surface area contributed by atoms with Gasteiger partial charge in [0.15, 0.2) is 5.78 Å². The van der Waals surface area contributed by atoms with Crippen LogP contribution < -0.4 is 4.72 Å². The second kappa shape index (κ2) is 8.65. The topological polar surface area (TPSA) is 131 Å². The second-order valence-electron chi connectivity index (χ2n) is 8.86. The molecule has 178 valence electrons. The van der Waals surface area contributed by atoms with Crippen molar-refractivity contribution in [2.45, 2.75) is 38.1 Å². The molecule has 1 aromatic carbocycles. The highest BCUT2D eigenvalue weighted by atomic mass is 32.2. The average molecular weight is 493 g/mol. The predicted octanol–water partition coefficient (Wildman–Crippen LogP) is 3.77. The van der Waals surface area contributed by atoms with Gasteiger partial charge in [0.05, 0.1) is 28.0 Å². The van der Waals surface area contributed by atoms with Crippen molar-refractivity contribution in [3.63, 3.8) is 0 Å². The van der Waals surface area contributed by atoms with Crippen molar-refractivity contribution in [3.8, 4) is 23.4 Å². The SMILES string of the molecule is CC(=O)c1cc2c(cc1F)c(C#N)c(-c1ccc(S(=O)(=O)NC(C)(C)C)cn1)n2-c1ncccn1.